The van der Waals surface area contributed by atoms with Crippen molar-refractivity contribution in [3.63, 3.8) is 0 Å². The van der Waals surface area contributed by atoms with Crippen molar-refractivity contribution in [3.8, 4) is 17.2 Å². The average Bonchev–Trinajstić information content (AvgIpc) is 2.56. The van der Waals surface area contributed by atoms with Gasteiger partial charge in [0.1, 0.15) is 18.2 Å². The molecule has 3 nitrogen and oxygen atoms in total. The Morgan fingerprint density at radius 2 is 1.65 bits per heavy atom. The largest absolute Gasteiger partial charge is 0.488 e. The first-order valence-corrected chi connectivity index (χ1v) is 8.01. The van der Waals surface area contributed by atoms with Gasteiger partial charge in [0.15, 0.2) is 11.5 Å². The minimum atomic E-state index is -0.334. The number of ether oxygens (including phenoxy) is 2. The van der Waals surface area contributed by atoms with E-state index in [1.54, 1.807) is 6.07 Å². The Morgan fingerprint density at radius 1 is 0.957 bits per heavy atom. The van der Waals surface area contributed by atoms with Crippen molar-refractivity contribution in [1.29, 1.82) is 0 Å². The van der Waals surface area contributed by atoms with Crippen LogP contribution in [0.4, 0.5) is 4.39 Å². The Kier molecular flexibility index (Phi) is 6.41. The van der Waals surface area contributed by atoms with Crippen LogP contribution in [0.1, 0.15) is 19.4 Å². The number of aryl methyl sites for hydroxylation is 1. The summed E-state index contributed by atoms with van der Waals surface area (Å²) in [4.78, 5) is 2.25. The molecule has 2 rings (SSSR count). The maximum absolute atomic E-state index is 13.5. The van der Waals surface area contributed by atoms with Gasteiger partial charge < -0.3 is 14.4 Å². The summed E-state index contributed by atoms with van der Waals surface area (Å²) >= 11 is 0. The van der Waals surface area contributed by atoms with E-state index >= 15 is 0 Å². The van der Waals surface area contributed by atoms with Crippen LogP contribution >= 0.6 is 0 Å². The molecular formula is C19H24FNO2. The standard InChI is InChI=1S/C19H24FNO2/c1-4-21(5-2)12-13-22-19-14-16(20)8-11-18(19)23-17-9-6-15(3)7-10-17/h6-11,14H,4-5,12-13H2,1-3H3. The molecule has 2 aromatic rings. The number of hydrogen-bond acceptors (Lipinski definition) is 3. The number of likely N-dealkylation sites (N-methyl/N-ethyl adjacent to an activating group) is 1. The predicted octanol–water partition coefficient (Wildman–Crippen LogP) is 4.65. The molecule has 0 aliphatic rings. The van der Waals surface area contributed by atoms with E-state index in [0.29, 0.717) is 23.9 Å². The lowest BCUT2D eigenvalue weighted by molar-refractivity contribution is 0.218. The van der Waals surface area contributed by atoms with Crippen LogP contribution in [0.2, 0.25) is 0 Å². The lowest BCUT2D eigenvalue weighted by Gasteiger charge is -2.19. The molecule has 0 heterocycles. The first kappa shape index (κ1) is 17.3. The number of nitrogens with zero attached hydrogens (tertiary/aromatic N) is 1. The zero-order valence-corrected chi connectivity index (χ0v) is 14.0. The van der Waals surface area contributed by atoms with Crippen molar-refractivity contribution < 1.29 is 13.9 Å². The van der Waals surface area contributed by atoms with E-state index in [9.17, 15) is 4.39 Å². The van der Waals surface area contributed by atoms with E-state index in [-0.39, 0.29) is 5.82 Å². The molecule has 0 aromatic heterocycles. The third-order valence-corrected chi connectivity index (χ3v) is 3.71. The summed E-state index contributed by atoms with van der Waals surface area (Å²) in [6.45, 7) is 9.47. The second-order valence-corrected chi connectivity index (χ2v) is 5.38. The molecule has 124 valence electrons. The van der Waals surface area contributed by atoms with Crippen LogP contribution in [0.15, 0.2) is 42.5 Å². The van der Waals surface area contributed by atoms with E-state index in [0.717, 1.165) is 25.2 Å². The van der Waals surface area contributed by atoms with E-state index in [4.69, 9.17) is 9.47 Å². The van der Waals surface area contributed by atoms with Gasteiger partial charge in [0, 0.05) is 12.6 Å². The van der Waals surface area contributed by atoms with Crippen molar-refractivity contribution in [1.82, 2.24) is 4.90 Å². The van der Waals surface area contributed by atoms with Gasteiger partial charge in [0.25, 0.3) is 0 Å². The summed E-state index contributed by atoms with van der Waals surface area (Å²) in [6.07, 6.45) is 0. The Balaban J connectivity index is 2.06. The van der Waals surface area contributed by atoms with Gasteiger partial charge in [-0.1, -0.05) is 31.5 Å². The Morgan fingerprint density at radius 3 is 2.30 bits per heavy atom. The van der Waals surface area contributed by atoms with Gasteiger partial charge >= 0.3 is 0 Å². The monoisotopic (exact) mass is 317 g/mol. The summed E-state index contributed by atoms with van der Waals surface area (Å²) in [6, 6.07) is 12.1. The minimum absolute atomic E-state index is 0.334. The van der Waals surface area contributed by atoms with Crippen molar-refractivity contribution in [2.45, 2.75) is 20.8 Å². The zero-order chi connectivity index (χ0) is 16.7. The van der Waals surface area contributed by atoms with Crippen molar-refractivity contribution in [2.75, 3.05) is 26.2 Å². The minimum Gasteiger partial charge on any atom is -0.488 e. The molecule has 0 saturated heterocycles. The highest BCUT2D eigenvalue weighted by atomic mass is 19.1. The Hall–Kier alpha value is -2.07. The normalized spacial score (nSPS) is 10.8. The second-order valence-electron chi connectivity index (χ2n) is 5.38. The summed E-state index contributed by atoms with van der Waals surface area (Å²) in [5, 5.41) is 0. The topological polar surface area (TPSA) is 21.7 Å². The fourth-order valence-electron chi connectivity index (χ4n) is 2.24. The van der Waals surface area contributed by atoms with Gasteiger partial charge in [0.05, 0.1) is 0 Å². The first-order valence-electron chi connectivity index (χ1n) is 8.01. The maximum atomic E-state index is 13.5. The van der Waals surface area contributed by atoms with Crippen LogP contribution in [-0.4, -0.2) is 31.1 Å². The highest BCUT2D eigenvalue weighted by Gasteiger charge is 2.09. The maximum Gasteiger partial charge on any atom is 0.169 e. The van der Waals surface area contributed by atoms with Crippen LogP contribution in [-0.2, 0) is 0 Å². The van der Waals surface area contributed by atoms with Crippen LogP contribution in [0.25, 0.3) is 0 Å². The molecule has 0 aliphatic carbocycles. The van der Waals surface area contributed by atoms with Crippen LogP contribution in [0, 0.1) is 12.7 Å². The van der Waals surface area contributed by atoms with E-state index in [1.165, 1.54) is 12.1 Å². The molecule has 0 fully saturated rings. The number of halogens is 1. The summed E-state index contributed by atoms with van der Waals surface area (Å²) in [5.74, 6) is 1.32. The Bertz CT molecular complexity index is 609. The number of hydrogen-bond donors (Lipinski definition) is 0. The molecule has 4 heteroatoms. The highest BCUT2D eigenvalue weighted by Crippen LogP contribution is 2.32. The lowest BCUT2D eigenvalue weighted by Crippen LogP contribution is -2.27. The second kappa shape index (κ2) is 8.53. The molecule has 0 amide bonds. The third kappa shape index (κ3) is 5.25. The molecule has 23 heavy (non-hydrogen) atoms. The summed E-state index contributed by atoms with van der Waals surface area (Å²) < 4.78 is 25.1. The first-order chi connectivity index (χ1) is 11.1. The van der Waals surface area contributed by atoms with Crippen LogP contribution in [0.5, 0.6) is 17.2 Å². The molecule has 0 N–H and O–H groups in total. The molecule has 0 spiro atoms. The van der Waals surface area contributed by atoms with Crippen LogP contribution in [0.3, 0.4) is 0 Å². The van der Waals surface area contributed by atoms with Crippen LogP contribution < -0.4 is 9.47 Å². The molecular weight excluding hydrogens is 293 g/mol. The van der Waals surface area contributed by atoms with Gasteiger partial charge in [0.2, 0.25) is 0 Å². The van der Waals surface area contributed by atoms with Gasteiger partial charge in [-0.15, -0.1) is 0 Å². The molecule has 0 radical (unpaired) electrons. The quantitative estimate of drug-likeness (QED) is 0.707. The smallest absolute Gasteiger partial charge is 0.169 e. The van der Waals surface area contributed by atoms with Gasteiger partial charge in [-0.25, -0.2) is 4.39 Å². The predicted molar refractivity (Wildman–Crippen MR) is 90.9 cm³/mol. The Labute approximate surface area is 137 Å². The average molecular weight is 317 g/mol. The van der Waals surface area contributed by atoms with Gasteiger partial charge in [-0.3, -0.25) is 0 Å². The SMILES string of the molecule is CCN(CC)CCOc1cc(F)ccc1Oc1ccc(C)cc1. The molecule has 0 atom stereocenters. The van der Waals surface area contributed by atoms with E-state index in [1.807, 2.05) is 31.2 Å². The van der Waals surface area contributed by atoms with Crippen molar-refractivity contribution in [3.05, 3.63) is 53.8 Å². The molecule has 0 saturated carbocycles. The molecule has 0 aliphatic heterocycles. The lowest BCUT2D eigenvalue weighted by atomic mass is 10.2. The number of rotatable bonds is 8. The third-order valence-electron chi connectivity index (χ3n) is 3.71. The van der Waals surface area contributed by atoms with E-state index < -0.39 is 0 Å². The summed E-state index contributed by atoms with van der Waals surface area (Å²) in [7, 11) is 0. The van der Waals surface area contributed by atoms with Crippen molar-refractivity contribution >= 4 is 0 Å². The summed E-state index contributed by atoms with van der Waals surface area (Å²) in [5.41, 5.74) is 1.16. The fraction of sp³-hybridized carbons (Fsp3) is 0.368. The molecule has 0 unspecified atom stereocenters. The molecule has 2 aromatic carbocycles. The van der Waals surface area contributed by atoms with Gasteiger partial charge in [-0.05, 0) is 44.3 Å². The van der Waals surface area contributed by atoms with E-state index in [2.05, 4.69) is 18.7 Å². The highest BCUT2D eigenvalue weighted by molar-refractivity contribution is 5.43. The zero-order valence-electron chi connectivity index (χ0n) is 14.0. The number of benzene rings is 2. The molecule has 0 bridgehead atoms. The van der Waals surface area contributed by atoms with Crippen molar-refractivity contribution in [2.24, 2.45) is 0 Å². The fourth-order valence-corrected chi connectivity index (χ4v) is 2.24. The van der Waals surface area contributed by atoms with Gasteiger partial charge in [-0.2, -0.15) is 0 Å².